The lowest BCUT2D eigenvalue weighted by Gasteiger charge is -2.23. The fourth-order valence-electron chi connectivity index (χ4n) is 3.77. The van der Waals surface area contributed by atoms with Crippen LogP contribution in [0, 0.1) is 19.8 Å². The zero-order chi connectivity index (χ0) is 19.6. The molecule has 2 aromatic carbocycles. The van der Waals surface area contributed by atoms with Crippen molar-refractivity contribution in [1.29, 1.82) is 0 Å². The Morgan fingerprint density at radius 2 is 1.78 bits per heavy atom. The Labute approximate surface area is 161 Å². The number of amides is 2. The van der Waals surface area contributed by atoms with Crippen molar-refractivity contribution in [2.75, 3.05) is 16.8 Å². The predicted octanol–water partition coefficient (Wildman–Crippen LogP) is 4.42. The van der Waals surface area contributed by atoms with Gasteiger partial charge in [-0.05, 0) is 55.0 Å². The molecule has 0 aliphatic carbocycles. The van der Waals surface area contributed by atoms with Crippen LogP contribution in [0.25, 0.3) is 0 Å². The van der Waals surface area contributed by atoms with Crippen LogP contribution in [0.5, 0.6) is 0 Å². The first kappa shape index (κ1) is 19.2. The summed E-state index contributed by atoms with van der Waals surface area (Å²) in [6.07, 6.45) is 2.00. The Morgan fingerprint density at radius 3 is 2.41 bits per heavy atom. The van der Waals surface area contributed by atoms with Gasteiger partial charge < -0.3 is 10.2 Å². The first-order valence-corrected chi connectivity index (χ1v) is 9.73. The van der Waals surface area contributed by atoms with Gasteiger partial charge in [0.1, 0.15) is 0 Å². The van der Waals surface area contributed by atoms with Crippen molar-refractivity contribution in [3.8, 4) is 0 Å². The number of carbonyl (C=O) groups is 2. The molecule has 1 atom stereocenters. The standard InChI is InChI=1S/C23H28N2O2/c1-5-17-8-7-9-18(6-2)22(17)25-14-19(13-21(25)26)23(27)24-20-12-15(3)10-11-16(20)4/h7-12,19H,5-6,13-14H2,1-4H3,(H,24,27)/t19-/m1/s1. The first-order valence-electron chi connectivity index (χ1n) is 9.73. The van der Waals surface area contributed by atoms with E-state index in [1.54, 1.807) is 0 Å². The van der Waals surface area contributed by atoms with Crippen molar-refractivity contribution in [2.24, 2.45) is 5.92 Å². The fraction of sp³-hybridized carbons (Fsp3) is 0.391. The second kappa shape index (κ2) is 7.95. The average Bonchev–Trinajstić information content (AvgIpc) is 3.05. The molecule has 1 N–H and O–H groups in total. The molecular formula is C23H28N2O2. The molecule has 0 aromatic heterocycles. The number of aryl methyl sites for hydroxylation is 4. The van der Waals surface area contributed by atoms with Crippen molar-refractivity contribution in [3.63, 3.8) is 0 Å². The highest BCUT2D eigenvalue weighted by Crippen LogP contribution is 2.33. The smallest absolute Gasteiger partial charge is 0.229 e. The van der Waals surface area contributed by atoms with Crippen molar-refractivity contribution in [2.45, 2.75) is 47.0 Å². The van der Waals surface area contributed by atoms with Gasteiger partial charge in [-0.15, -0.1) is 0 Å². The lowest BCUT2D eigenvalue weighted by atomic mass is 10.0. The number of nitrogens with one attached hydrogen (secondary N) is 1. The van der Waals surface area contributed by atoms with Gasteiger partial charge in [-0.3, -0.25) is 9.59 Å². The van der Waals surface area contributed by atoms with Crippen LogP contribution < -0.4 is 10.2 Å². The lowest BCUT2D eigenvalue weighted by molar-refractivity contribution is -0.122. The van der Waals surface area contributed by atoms with Crippen molar-refractivity contribution >= 4 is 23.2 Å². The quantitative estimate of drug-likeness (QED) is 0.854. The normalized spacial score (nSPS) is 16.7. The van der Waals surface area contributed by atoms with Crippen LogP contribution >= 0.6 is 0 Å². The third kappa shape index (κ3) is 3.90. The van der Waals surface area contributed by atoms with Crippen LogP contribution in [0.3, 0.4) is 0 Å². The molecule has 0 unspecified atom stereocenters. The van der Waals surface area contributed by atoms with E-state index in [4.69, 9.17) is 0 Å². The van der Waals surface area contributed by atoms with Gasteiger partial charge in [-0.1, -0.05) is 44.2 Å². The van der Waals surface area contributed by atoms with E-state index in [2.05, 4.69) is 31.3 Å². The summed E-state index contributed by atoms with van der Waals surface area (Å²) in [5.74, 6) is -0.370. The van der Waals surface area contributed by atoms with E-state index in [0.717, 1.165) is 35.3 Å². The van der Waals surface area contributed by atoms with E-state index in [1.165, 1.54) is 11.1 Å². The number of anilines is 2. The van der Waals surface area contributed by atoms with Gasteiger partial charge in [0.15, 0.2) is 0 Å². The molecule has 27 heavy (non-hydrogen) atoms. The molecule has 142 valence electrons. The van der Waals surface area contributed by atoms with Crippen molar-refractivity contribution in [1.82, 2.24) is 0 Å². The van der Waals surface area contributed by atoms with E-state index >= 15 is 0 Å². The lowest BCUT2D eigenvalue weighted by Crippen LogP contribution is -2.29. The van der Waals surface area contributed by atoms with E-state index in [1.807, 2.05) is 43.0 Å². The summed E-state index contributed by atoms with van der Waals surface area (Å²) in [6.45, 7) is 8.63. The summed E-state index contributed by atoms with van der Waals surface area (Å²) in [6, 6.07) is 12.2. The van der Waals surface area contributed by atoms with Crippen LogP contribution in [-0.4, -0.2) is 18.4 Å². The minimum Gasteiger partial charge on any atom is -0.326 e. The molecule has 1 saturated heterocycles. The largest absolute Gasteiger partial charge is 0.326 e. The number of nitrogens with zero attached hydrogens (tertiary/aromatic N) is 1. The maximum Gasteiger partial charge on any atom is 0.229 e. The summed E-state index contributed by atoms with van der Waals surface area (Å²) < 4.78 is 0. The summed E-state index contributed by atoms with van der Waals surface area (Å²) >= 11 is 0. The molecule has 0 bridgehead atoms. The first-order chi connectivity index (χ1) is 12.9. The molecule has 0 spiro atoms. The summed E-state index contributed by atoms with van der Waals surface area (Å²) in [7, 11) is 0. The van der Waals surface area contributed by atoms with Gasteiger partial charge in [0, 0.05) is 24.3 Å². The van der Waals surface area contributed by atoms with Gasteiger partial charge in [0.2, 0.25) is 11.8 Å². The van der Waals surface area contributed by atoms with Gasteiger partial charge in [-0.2, -0.15) is 0 Å². The summed E-state index contributed by atoms with van der Waals surface area (Å²) in [4.78, 5) is 27.4. The molecule has 1 heterocycles. The fourth-order valence-corrected chi connectivity index (χ4v) is 3.77. The molecule has 0 saturated carbocycles. The second-order valence-electron chi connectivity index (χ2n) is 7.34. The number of hydrogen-bond acceptors (Lipinski definition) is 2. The molecule has 4 heteroatoms. The molecule has 2 aromatic rings. The highest BCUT2D eigenvalue weighted by molar-refractivity contribution is 6.04. The van der Waals surface area contributed by atoms with E-state index < -0.39 is 0 Å². The van der Waals surface area contributed by atoms with Crippen molar-refractivity contribution in [3.05, 3.63) is 58.7 Å². The summed E-state index contributed by atoms with van der Waals surface area (Å²) in [5, 5.41) is 3.02. The zero-order valence-electron chi connectivity index (χ0n) is 16.6. The van der Waals surface area contributed by atoms with Crippen LogP contribution in [0.1, 0.15) is 42.5 Å². The van der Waals surface area contributed by atoms with E-state index in [-0.39, 0.29) is 24.2 Å². The van der Waals surface area contributed by atoms with Gasteiger partial charge in [0.05, 0.1) is 5.92 Å². The zero-order valence-corrected chi connectivity index (χ0v) is 16.6. The highest BCUT2D eigenvalue weighted by atomic mass is 16.2. The second-order valence-corrected chi connectivity index (χ2v) is 7.34. The number of para-hydroxylation sites is 1. The SMILES string of the molecule is CCc1cccc(CC)c1N1C[C@H](C(=O)Nc2cc(C)ccc2C)CC1=O. The number of rotatable bonds is 5. The monoisotopic (exact) mass is 364 g/mol. The van der Waals surface area contributed by atoms with E-state index in [9.17, 15) is 9.59 Å². The van der Waals surface area contributed by atoms with Gasteiger partial charge in [0.25, 0.3) is 0 Å². The molecule has 2 amide bonds. The van der Waals surface area contributed by atoms with Crippen LogP contribution in [0.2, 0.25) is 0 Å². The predicted molar refractivity (Wildman–Crippen MR) is 110 cm³/mol. The summed E-state index contributed by atoms with van der Waals surface area (Å²) in [5.41, 5.74) is 6.30. The van der Waals surface area contributed by atoms with Gasteiger partial charge in [-0.25, -0.2) is 0 Å². The third-order valence-electron chi connectivity index (χ3n) is 5.38. The molecule has 0 radical (unpaired) electrons. The topological polar surface area (TPSA) is 49.4 Å². The van der Waals surface area contributed by atoms with Crippen LogP contribution in [0.4, 0.5) is 11.4 Å². The third-order valence-corrected chi connectivity index (χ3v) is 5.38. The Balaban J connectivity index is 1.82. The van der Waals surface area contributed by atoms with Crippen molar-refractivity contribution < 1.29 is 9.59 Å². The Hall–Kier alpha value is -2.62. The number of benzene rings is 2. The Morgan fingerprint density at radius 1 is 1.11 bits per heavy atom. The Kier molecular flexibility index (Phi) is 5.64. The molecule has 3 rings (SSSR count). The van der Waals surface area contributed by atoms with Crippen LogP contribution in [0.15, 0.2) is 36.4 Å². The van der Waals surface area contributed by atoms with E-state index in [0.29, 0.717) is 6.54 Å². The minimum absolute atomic E-state index is 0.0340. The maximum atomic E-state index is 12.8. The Bertz CT molecular complexity index is 850. The van der Waals surface area contributed by atoms with Gasteiger partial charge >= 0.3 is 0 Å². The molecule has 4 nitrogen and oxygen atoms in total. The minimum atomic E-state index is -0.327. The number of carbonyl (C=O) groups excluding carboxylic acids is 2. The molecule has 1 aliphatic heterocycles. The number of hydrogen-bond donors (Lipinski definition) is 1. The van der Waals surface area contributed by atoms with Crippen LogP contribution in [-0.2, 0) is 22.4 Å². The average molecular weight is 364 g/mol. The maximum absolute atomic E-state index is 12.8. The highest BCUT2D eigenvalue weighted by Gasteiger charge is 2.36. The molecule has 1 fully saturated rings. The molecule has 1 aliphatic rings. The molecular weight excluding hydrogens is 336 g/mol.